The minimum Gasteiger partial charge on any atom is -0.378 e. The van der Waals surface area contributed by atoms with Crippen molar-refractivity contribution in [3.63, 3.8) is 0 Å². The third-order valence-electron chi connectivity index (χ3n) is 2.38. The molecule has 2 unspecified atom stereocenters. The first-order valence-electron chi connectivity index (χ1n) is 5.34. The molecule has 1 aliphatic rings. The van der Waals surface area contributed by atoms with E-state index in [1.54, 1.807) is 11.8 Å². The van der Waals surface area contributed by atoms with E-state index in [4.69, 9.17) is 4.74 Å². The maximum Gasteiger partial charge on any atom is 0.239 e. The Morgan fingerprint density at radius 1 is 1.73 bits per heavy atom. The number of carbonyl (C=O) groups excluding carboxylic acids is 1. The molecular weight excluding hydrogens is 212 g/mol. The fraction of sp³-hybridized carbons (Fsp3) is 0.900. The summed E-state index contributed by atoms with van der Waals surface area (Å²) in [5.41, 5.74) is 0. The van der Waals surface area contributed by atoms with Crippen LogP contribution >= 0.6 is 11.8 Å². The highest BCUT2D eigenvalue weighted by atomic mass is 32.2. The number of hydrogen-bond acceptors (Lipinski definition) is 4. The van der Waals surface area contributed by atoms with Crippen molar-refractivity contribution >= 4 is 17.7 Å². The van der Waals surface area contributed by atoms with Crippen LogP contribution in [0.3, 0.4) is 0 Å². The Balaban J connectivity index is 2.21. The van der Waals surface area contributed by atoms with Gasteiger partial charge in [-0.25, -0.2) is 0 Å². The Bertz CT molecular complexity index is 196. The van der Waals surface area contributed by atoms with Gasteiger partial charge >= 0.3 is 0 Å². The molecule has 0 radical (unpaired) electrons. The molecule has 0 aromatic heterocycles. The second-order valence-electron chi connectivity index (χ2n) is 3.77. The minimum atomic E-state index is -0.171. The van der Waals surface area contributed by atoms with Crippen LogP contribution in [0, 0.1) is 0 Å². The van der Waals surface area contributed by atoms with Crippen molar-refractivity contribution < 1.29 is 9.53 Å². The van der Waals surface area contributed by atoms with E-state index in [1.165, 1.54) is 0 Å². The lowest BCUT2D eigenvalue weighted by molar-refractivity contribution is -0.126. The van der Waals surface area contributed by atoms with E-state index in [1.807, 2.05) is 6.92 Å². The summed E-state index contributed by atoms with van der Waals surface area (Å²) in [5, 5.41) is 6.13. The Labute approximate surface area is 95.5 Å². The van der Waals surface area contributed by atoms with Crippen molar-refractivity contribution in [2.24, 2.45) is 0 Å². The van der Waals surface area contributed by atoms with Crippen LogP contribution in [0.2, 0.25) is 0 Å². The van der Waals surface area contributed by atoms with E-state index in [9.17, 15) is 4.79 Å². The van der Waals surface area contributed by atoms with Crippen molar-refractivity contribution in [1.29, 1.82) is 0 Å². The van der Waals surface area contributed by atoms with Gasteiger partial charge in [0.25, 0.3) is 0 Å². The van der Waals surface area contributed by atoms with Crippen molar-refractivity contribution in [3.05, 3.63) is 0 Å². The number of carbonyl (C=O) groups is 1. The molecule has 88 valence electrons. The molecule has 1 aliphatic heterocycles. The molecule has 0 saturated carbocycles. The molecule has 0 bridgehead atoms. The maximum absolute atomic E-state index is 11.7. The van der Waals surface area contributed by atoms with E-state index in [-0.39, 0.29) is 18.0 Å². The lowest BCUT2D eigenvalue weighted by Gasteiger charge is -2.24. The quantitative estimate of drug-likeness (QED) is 0.712. The fourth-order valence-corrected chi connectivity index (χ4v) is 2.03. The van der Waals surface area contributed by atoms with Crippen molar-refractivity contribution in [2.45, 2.75) is 25.4 Å². The molecule has 5 heteroatoms. The van der Waals surface area contributed by atoms with Crippen LogP contribution < -0.4 is 10.6 Å². The molecule has 0 aromatic carbocycles. The Morgan fingerprint density at radius 3 is 3.13 bits per heavy atom. The van der Waals surface area contributed by atoms with Gasteiger partial charge in [0.1, 0.15) is 6.04 Å². The van der Waals surface area contributed by atoms with E-state index in [2.05, 4.69) is 16.9 Å². The minimum absolute atomic E-state index is 0.0586. The van der Waals surface area contributed by atoms with Gasteiger partial charge in [0.15, 0.2) is 0 Å². The summed E-state index contributed by atoms with van der Waals surface area (Å²) < 4.78 is 5.24. The number of nitrogens with one attached hydrogen (secondary N) is 2. The molecule has 1 heterocycles. The summed E-state index contributed by atoms with van der Waals surface area (Å²) in [4.78, 5) is 11.7. The number of hydrogen-bond donors (Lipinski definition) is 2. The number of amides is 1. The van der Waals surface area contributed by atoms with Crippen LogP contribution in [0.5, 0.6) is 0 Å². The molecule has 1 rings (SSSR count). The zero-order chi connectivity index (χ0) is 11.1. The summed E-state index contributed by atoms with van der Waals surface area (Å²) in [6.07, 6.45) is 3.09. The molecule has 1 fully saturated rings. The first kappa shape index (κ1) is 12.8. The van der Waals surface area contributed by atoms with Crippen LogP contribution in [-0.4, -0.2) is 49.8 Å². The smallest absolute Gasteiger partial charge is 0.239 e. The first-order chi connectivity index (χ1) is 7.24. The van der Waals surface area contributed by atoms with Crippen molar-refractivity contribution in [1.82, 2.24) is 10.6 Å². The number of rotatable bonds is 5. The zero-order valence-corrected chi connectivity index (χ0v) is 10.2. The monoisotopic (exact) mass is 232 g/mol. The summed E-state index contributed by atoms with van der Waals surface area (Å²) in [6, 6.07) is 0.0733. The van der Waals surface area contributed by atoms with Crippen LogP contribution in [0.1, 0.15) is 13.3 Å². The summed E-state index contributed by atoms with van der Waals surface area (Å²) in [5.74, 6) is 1.14. The van der Waals surface area contributed by atoms with Gasteiger partial charge in [-0.05, 0) is 25.4 Å². The molecule has 2 N–H and O–H groups in total. The summed E-state index contributed by atoms with van der Waals surface area (Å²) >= 11 is 1.80. The lowest BCUT2D eigenvalue weighted by Crippen LogP contribution is -2.52. The average Bonchev–Trinajstić information content (AvgIpc) is 2.27. The predicted molar refractivity (Wildman–Crippen MR) is 63.2 cm³/mol. The van der Waals surface area contributed by atoms with Gasteiger partial charge in [-0.2, -0.15) is 11.8 Å². The Hall–Kier alpha value is -0.260. The second-order valence-corrected chi connectivity index (χ2v) is 4.76. The van der Waals surface area contributed by atoms with Gasteiger partial charge in [0.2, 0.25) is 5.91 Å². The zero-order valence-electron chi connectivity index (χ0n) is 9.41. The Kier molecular flexibility index (Phi) is 6.05. The SMILES string of the molecule is CSCCC(C)NC(=O)C1COCCN1. The van der Waals surface area contributed by atoms with Gasteiger partial charge < -0.3 is 15.4 Å². The highest BCUT2D eigenvalue weighted by molar-refractivity contribution is 7.98. The number of thioether (sulfide) groups is 1. The molecule has 15 heavy (non-hydrogen) atoms. The summed E-state index contributed by atoms with van der Waals surface area (Å²) in [7, 11) is 0. The van der Waals surface area contributed by atoms with Gasteiger partial charge in [0.05, 0.1) is 13.2 Å². The van der Waals surface area contributed by atoms with E-state index in [0.717, 1.165) is 18.7 Å². The topological polar surface area (TPSA) is 50.4 Å². The molecule has 1 saturated heterocycles. The van der Waals surface area contributed by atoms with Gasteiger partial charge in [-0.1, -0.05) is 0 Å². The molecule has 2 atom stereocenters. The van der Waals surface area contributed by atoms with Crippen LogP contribution in [0.25, 0.3) is 0 Å². The molecule has 1 amide bonds. The van der Waals surface area contributed by atoms with Crippen molar-refractivity contribution in [3.8, 4) is 0 Å². The van der Waals surface area contributed by atoms with E-state index >= 15 is 0 Å². The van der Waals surface area contributed by atoms with Gasteiger partial charge in [-0.15, -0.1) is 0 Å². The second kappa shape index (κ2) is 7.09. The molecule has 4 nitrogen and oxygen atoms in total. The Morgan fingerprint density at radius 2 is 2.53 bits per heavy atom. The van der Waals surface area contributed by atoms with Gasteiger partial charge in [-0.3, -0.25) is 4.79 Å². The highest BCUT2D eigenvalue weighted by Crippen LogP contribution is 2.01. The lowest BCUT2D eigenvalue weighted by atomic mass is 10.2. The fourth-order valence-electron chi connectivity index (χ4n) is 1.44. The first-order valence-corrected chi connectivity index (χ1v) is 6.74. The summed E-state index contributed by atoms with van der Waals surface area (Å²) in [6.45, 7) is 3.99. The van der Waals surface area contributed by atoms with Crippen LogP contribution in [-0.2, 0) is 9.53 Å². The van der Waals surface area contributed by atoms with Crippen molar-refractivity contribution in [2.75, 3.05) is 31.8 Å². The molecule has 0 aromatic rings. The maximum atomic E-state index is 11.7. The average molecular weight is 232 g/mol. The largest absolute Gasteiger partial charge is 0.378 e. The normalized spacial score (nSPS) is 23.5. The van der Waals surface area contributed by atoms with E-state index < -0.39 is 0 Å². The standard InChI is InChI=1S/C10H20N2O2S/c1-8(3-6-15-2)12-10(13)9-7-14-5-4-11-9/h8-9,11H,3-7H2,1-2H3,(H,12,13). The molecule has 0 spiro atoms. The third kappa shape index (κ3) is 4.86. The number of morpholine rings is 1. The molecule has 0 aliphatic carbocycles. The number of ether oxygens (including phenoxy) is 1. The van der Waals surface area contributed by atoms with E-state index in [0.29, 0.717) is 13.2 Å². The highest BCUT2D eigenvalue weighted by Gasteiger charge is 2.21. The van der Waals surface area contributed by atoms with Gasteiger partial charge in [0, 0.05) is 12.6 Å². The van der Waals surface area contributed by atoms with Crippen LogP contribution in [0.15, 0.2) is 0 Å². The molecular formula is C10H20N2O2S. The third-order valence-corrected chi connectivity index (χ3v) is 3.03. The van der Waals surface area contributed by atoms with Crippen LogP contribution in [0.4, 0.5) is 0 Å². The predicted octanol–water partition coefficient (Wildman–Crippen LogP) is 0.233.